The van der Waals surface area contributed by atoms with Crippen molar-refractivity contribution < 1.29 is 0 Å². The van der Waals surface area contributed by atoms with Gasteiger partial charge in [0.25, 0.3) is 0 Å². The number of benzene rings is 10. The third-order valence-corrected chi connectivity index (χ3v) is 12.0. The van der Waals surface area contributed by atoms with Crippen molar-refractivity contribution in [2.24, 2.45) is 0 Å². The van der Waals surface area contributed by atoms with Crippen LogP contribution in [0.15, 0.2) is 255 Å². The van der Waals surface area contributed by atoms with Gasteiger partial charge in [0.1, 0.15) is 0 Å². The predicted octanol–water partition coefficient (Wildman–Crippen LogP) is 16.6. The number of fused-ring (bicyclic) bond motifs is 3. The van der Waals surface area contributed by atoms with Crippen LogP contribution in [0.5, 0.6) is 0 Å². The molecule has 292 valence electrons. The van der Waals surface area contributed by atoms with Gasteiger partial charge in [0.05, 0.1) is 11.0 Å². The fourth-order valence-corrected chi connectivity index (χ4v) is 8.99. The molecule has 0 aliphatic rings. The van der Waals surface area contributed by atoms with Crippen LogP contribution in [0.4, 0.5) is 17.1 Å². The number of nitrogens with zero attached hydrogens (tertiary/aromatic N) is 2. The van der Waals surface area contributed by atoms with E-state index in [0.29, 0.717) is 0 Å². The third-order valence-electron chi connectivity index (χ3n) is 12.0. The minimum Gasteiger partial charge on any atom is -0.311 e. The molecule has 0 saturated carbocycles. The van der Waals surface area contributed by atoms with Gasteiger partial charge in [-0.2, -0.15) is 0 Å². The summed E-state index contributed by atoms with van der Waals surface area (Å²) in [5.74, 6) is 0. The molecule has 0 unspecified atom stereocenters. The van der Waals surface area contributed by atoms with Gasteiger partial charge in [-0.1, -0.05) is 182 Å². The molecule has 0 saturated heterocycles. The van der Waals surface area contributed by atoms with Gasteiger partial charge in [-0.25, -0.2) is 0 Å². The number of hydrogen-bond acceptors (Lipinski definition) is 1. The van der Waals surface area contributed by atoms with Gasteiger partial charge in [0.2, 0.25) is 0 Å². The highest BCUT2D eigenvalue weighted by Crippen LogP contribution is 2.41. The Hall–Kier alpha value is -8.20. The Morgan fingerprint density at radius 2 is 0.677 bits per heavy atom. The summed E-state index contributed by atoms with van der Waals surface area (Å²) in [5.41, 5.74) is 18.9. The molecule has 11 aromatic rings. The van der Waals surface area contributed by atoms with E-state index in [4.69, 9.17) is 0 Å². The predicted molar refractivity (Wildman–Crippen MR) is 263 cm³/mol. The molecule has 2 nitrogen and oxygen atoms in total. The number of rotatable bonds is 9. The zero-order chi connectivity index (χ0) is 41.2. The van der Waals surface area contributed by atoms with Crippen molar-refractivity contribution in [2.75, 3.05) is 4.90 Å². The van der Waals surface area contributed by atoms with Crippen LogP contribution in [0.25, 0.3) is 83.1 Å². The Kier molecular flexibility index (Phi) is 9.57. The lowest BCUT2D eigenvalue weighted by molar-refractivity contribution is 1.18. The lowest BCUT2D eigenvalue weighted by atomic mass is 9.93. The molecule has 0 atom stereocenters. The molecule has 0 aliphatic heterocycles. The van der Waals surface area contributed by atoms with Crippen molar-refractivity contribution in [3.8, 4) is 61.3 Å². The summed E-state index contributed by atoms with van der Waals surface area (Å²) in [6.45, 7) is 0. The minimum atomic E-state index is 1.10. The highest BCUT2D eigenvalue weighted by molar-refractivity contribution is 6.11. The molecule has 0 N–H and O–H groups in total. The number of aromatic nitrogens is 1. The van der Waals surface area contributed by atoms with Crippen molar-refractivity contribution >= 4 is 38.9 Å². The zero-order valence-corrected chi connectivity index (χ0v) is 34.1. The summed E-state index contributed by atoms with van der Waals surface area (Å²) in [4.78, 5) is 2.33. The van der Waals surface area contributed by atoms with Crippen molar-refractivity contribution in [1.82, 2.24) is 4.57 Å². The lowest BCUT2D eigenvalue weighted by Crippen LogP contribution is -2.09. The Balaban J connectivity index is 0.934. The first-order valence-corrected chi connectivity index (χ1v) is 21.3. The van der Waals surface area contributed by atoms with E-state index in [0.717, 1.165) is 22.7 Å². The first-order valence-electron chi connectivity index (χ1n) is 21.3. The molecular weight excluding hydrogens is 749 g/mol. The number of para-hydroxylation sites is 2. The monoisotopic (exact) mass is 790 g/mol. The van der Waals surface area contributed by atoms with E-state index in [2.05, 4.69) is 264 Å². The second-order valence-electron chi connectivity index (χ2n) is 15.8. The second-order valence-corrected chi connectivity index (χ2v) is 15.8. The summed E-state index contributed by atoms with van der Waals surface area (Å²) in [5, 5.41) is 2.48. The van der Waals surface area contributed by atoms with Crippen LogP contribution in [0.1, 0.15) is 0 Å². The van der Waals surface area contributed by atoms with Crippen LogP contribution in [-0.4, -0.2) is 4.57 Å². The summed E-state index contributed by atoms with van der Waals surface area (Å²) < 4.78 is 2.40. The van der Waals surface area contributed by atoms with E-state index in [9.17, 15) is 0 Å². The highest BCUT2D eigenvalue weighted by Gasteiger charge is 2.17. The van der Waals surface area contributed by atoms with E-state index >= 15 is 0 Å². The number of anilines is 3. The molecule has 62 heavy (non-hydrogen) atoms. The summed E-state index contributed by atoms with van der Waals surface area (Å²) in [6, 6.07) is 91.9. The average molecular weight is 791 g/mol. The molecule has 0 radical (unpaired) electrons. The summed E-state index contributed by atoms with van der Waals surface area (Å²) in [6.07, 6.45) is 0. The largest absolute Gasteiger partial charge is 0.311 e. The Morgan fingerprint density at radius 1 is 0.242 bits per heavy atom. The van der Waals surface area contributed by atoms with E-state index in [1.165, 1.54) is 77.4 Å². The van der Waals surface area contributed by atoms with Crippen LogP contribution in [0.3, 0.4) is 0 Å². The molecule has 0 fully saturated rings. The van der Waals surface area contributed by atoms with Crippen molar-refractivity contribution in [1.29, 1.82) is 0 Å². The van der Waals surface area contributed by atoms with E-state index in [-0.39, 0.29) is 0 Å². The molecule has 0 spiro atoms. The zero-order valence-electron chi connectivity index (χ0n) is 34.1. The molecule has 11 rings (SSSR count). The fraction of sp³-hybridized carbons (Fsp3) is 0. The van der Waals surface area contributed by atoms with Gasteiger partial charge in [-0.15, -0.1) is 0 Å². The van der Waals surface area contributed by atoms with Crippen molar-refractivity contribution in [3.63, 3.8) is 0 Å². The van der Waals surface area contributed by atoms with Gasteiger partial charge >= 0.3 is 0 Å². The summed E-state index contributed by atoms with van der Waals surface area (Å²) in [7, 11) is 0. The maximum atomic E-state index is 2.40. The van der Waals surface area contributed by atoms with Crippen LogP contribution >= 0.6 is 0 Å². The molecule has 1 heterocycles. The maximum absolute atomic E-state index is 2.40. The van der Waals surface area contributed by atoms with Gasteiger partial charge in [0, 0.05) is 33.5 Å². The molecule has 10 aromatic carbocycles. The van der Waals surface area contributed by atoms with E-state index in [1.54, 1.807) is 0 Å². The van der Waals surface area contributed by atoms with Crippen LogP contribution in [-0.2, 0) is 0 Å². The topological polar surface area (TPSA) is 8.17 Å². The van der Waals surface area contributed by atoms with Crippen LogP contribution in [0, 0.1) is 0 Å². The third kappa shape index (κ3) is 6.94. The molecule has 0 amide bonds. The lowest BCUT2D eigenvalue weighted by Gasteiger charge is -2.26. The van der Waals surface area contributed by atoms with Crippen molar-refractivity contribution in [3.05, 3.63) is 255 Å². The highest BCUT2D eigenvalue weighted by atomic mass is 15.1. The van der Waals surface area contributed by atoms with Gasteiger partial charge in [-0.3, -0.25) is 0 Å². The molecule has 0 bridgehead atoms. The normalized spacial score (nSPS) is 11.2. The summed E-state index contributed by atoms with van der Waals surface area (Å²) >= 11 is 0. The maximum Gasteiger partial charge on any atom is 0.0541 e. The molecule has 2 heteroatoms. The van der Waals surface area contributed by atoms with Crippen LogP contribution in [0.2, 0.25) is 0 Å². The standard InChI is InChI=1S/C60H42N2/c1-4-16-43(17-5-1)47-20-14-21-48(40-47)45-30-35-52(36-31-45)61(51-23-8-3-9-24-51)53-37-32-46(33-38-53)55-26-10-11-27-56(55)50-34-39-60-58(42-50)57-28-12-13-29-59(57)62(60)54-25-15-22-49(41-54)44-18-6-2-7-19-44/h1-42H. The fourth-order valence-electron chi connectivity index (χ4n) is 8.99. The van der Waals surface area contributed by atoms with E-state index in [1.807, 2.05) is 0 Å². The van der Waals surface area contributed by atoms with Gasteiger partial charge in [-0.05, 0) is 128 Å². The SMILES string of the molecule is c1ccc(-c2cccc(-c3ccc(N(c4ccccc4)c4ccc(-c5ccccc5-c5ccc6c(c5)c5ccccc5n6-c5cccc(-c6ccccc6)c5)cc4)cc3)c2)cc1. The quantitative estimate of drug-likeness (QED) is 0.141. The van der Waals surface area contributed by atoms with Gasteiger partial charge in [0.15, 0.2) is 0 Å². The minimum absolute atomic E-state index is 1.10. The van der Waals surface area contributed by atoms with Crippen molar-refractivity contribution in [2.45, 2.75) is 0 Å². The molecule has 1 aromatic heterocycles. The first kappa shape index (κ1) is 36.8. The number of hydrogen-bond donors (Lipinski definition) is 0. The average Bonchev–Trinajstić information content (AvgIpc) is 3.69. The first-order chi connectivity index (χ1) is 30.7. The van der Waals surface area contributed by atoms with Gasteiger partial charge < -0.3 is 9.47 Å². The molecular formula is C60H42N2. The van der Waals surface area contributed by atoms with E-state index < -0.39 is 0 Å². The second kappa shape index (κ2) is 16.1. The smallest absolute Gasteiger partial charge is 0.0541 e. The molecule has 0 aliphatic carbocycles. The Bertz CT molecular complexity index is 3310. The Morgan fingerprint density at radius 3 is 1.32 bits per heavy atom. The Labute approximate surface area is 362 Å². The van der Waals surface area contributed by atoms with Crippen LogP contribution < -0.4 is 4.90 Å².